The molecule has 0 aromatic heterocycles. The molecule has 1 unspecified atom stereocenters. The van der Waals surface area contributed by atoms with Crippen LogP contribution in [0.5, 0.6) is 0 Å². The van der Waals surface area contributed by atoms with Crippen molar-refractivity contribution in [3.05, 3.63) is 34.6 Å². The Morgan fingerprint density at radius 1 is 1.53 bits per heavy atom. The Morgan fingerprint density at radius 2 is 2.33 bits per heavy atom. The van der Waals surface area contributed by atoms with Gasteiger partial charge in [-0.1, -0.05) is 17.7 Å². The number of benzene rings is 1. The summed E-state index contributed by atoms with van der Waals surface area (Å²) in [5.74, 6) is -0.301. The van der Waals surface area contributed by atoms with Crippen molar-refractivity contribution in [2.75, 3.05) is 13.1 Å². The number of halogens is 2. The second-order valence-electron chi connectivity index (χ2n) is 3.87. The van der Waals surface area contributed by atoms with Crippen LogP contribution in [0.4, 0.5) is 4.39 Å². The van der Waals surface area contributed by atoms with Crippen LogP contribution in [0.15, 0.2) is 18.2 Å². The van der Waals surface area contributed by atoms with Crippen molar-refractivity contribution in [2.45, 2.75) is 12.5 Å². The highest BCUT2D eigenvalue weighted by molar-refractivity contribution is 6.30. The maximum Gasteiger partial charge on any atom is 0.142 e. The Balaban J connectivity index is 2.17. The predicted molar refractivity (Wildman–Crippen MR) is 57.3 cm³/mol. The lowest BCUT2D eigenvalue weighted by Crippen LogP contribution is -2.16. The van der Waals surface area contributed by atoms with Gasteiger partial charge in [-0.25, -0.2) is 4.39 Å². The lowest BCUT2D eigenvalue weighted by molar-refractivity contribution is 0.118. The predicted octanol–water partition coefficient (Wildman–Crippen LogP) is 2.12. The summed E-state index contributed by atoms with van der Waals surface area (Å²) in [6.45, 7) is 1.70. The smallest absolute Gasteiger partial charge is 0.142 e. The van der Waals surface area contributed by atoms with Crippen molar-refractivity contribution in [1.82, 2.24) is 5.32 Å². The first-order valence-electron chi connectivity index (χ1n) is 5.02. The minimum Gasteiger partial charge on any atom is -0.388 e. The van der Waals surface area contributed by atoms with Crippen molar-refractivity contribution >= 4 is 11.6 Å². The van der Waals surface area contributed by atoms with Crippen LogP contribution in [0.25, 0.3) is 0 Å². The molecule has 2 atom stereocenters. The summed E-state index contributed by atoms with van der Waals surface area (Å²) in [6, 6.07) is 4.47. The molecule has 0 aliphatic carbocycles. The Morgan fingerprint density at radius 3 is 2.93 bits per heavy atom. The highest BCUT2D eigenvalue weighted by Crippen LogP contribution is 2.28. The average Bonchev–Trinajstić information content (AvgIpc) is 2.74. The number of aliphatic hydroxyl groups excluding tert-OH is 1. The Bertz CT molecular complexity index is 352. The number of nitrogens with one attached hydrogen (secondary N) is 1. The van der Waals surface area contributed by atoms with Gasteiger partial charge in [0.25, 0.3) is 0 Å². The van der Waals surface area contributed by atoms with Crippen molar-refractivity contribution < 1.29 is 9.50 Å². The van der Waals surface area contributed by atoms with Crippen LogP contribution in [0.2, 0.25) is 5.02 Å². The van der Waals surface area contributed by atoms with E-state index in [2.05, 4.69) is 5.32 Å². The highest BCUT2D eigenvalue weighted by atomic mass is 35.5. The number of hydrogen-bond acceptors (Lipinski definition) is 2. The third-order valence-electron chi connectivity index (χ3n) is 2.83. The molecule has 1 aromatic rings. The third-order valence-corrected chi connectivity index (χ3v) is 3.14. The topological polar surface area (TPSA) is 32.3 Å². The number of rotatable bonds is 2. The van der Waals surface area contributed by atoms with E-state index in [1.165, 1.54) is 12.1 Å². The summed E-state index contributed by atoms with van der Waals surface area (Å²) in [6.07, 6.45) is 0.317. The molecule has 4 heteroatoms. The average molecular weight is 230 g/mol. The van der Waals surface area contributed by atoms with E-state index < -0.39 is 11.9 Å². The van der Waals surface area contributed by atoms with Crippen LogP contribution in [-0.2, 0) is 0 Å². The zero-order valence-electron chi connectivity index (χ0n) is 8.21. The van der Waals surface area contributed by atoms with E-state index in [-0.39, 0.29) is 10.9 Å². The molecule has 0 bridgehead atoms. The van der Waals surface area contributed by atoms with Crippen LogP contribution in [0.3, 0.4) is 0 Å². The molecule has 1 saturated heterocycles. The normalized spacial score (nSPS) is 23.0. The van der Waals surface area contributed by atoms with Gasteiger partial charge in [0.15, 0.2) is 0 Å². The molecule has 0 radical (unpaired) electrons. The van der Waals surface area contributed by atoms with E-state index in [1.54, 1.807) is 6.07 Å². The van der Waals surface area contributed by atoms with E-state index >= 15 is 0 Å². The van der Waals surface area contributed by atoms with Gasteiger partial charge >= 0.3 is 0 Å². The Labute approximate surface area is 93.1 Å². The first-order chi connectivity index (χ1) is 7.18. The number of hydrogen-bond donors (Lipinski definition) is 2. The molecule has 2 nitrogen and oxygen atoms in total. The fourth-order valence-corrected chi connectivity index (χ4v) is 2.03. The second-order valence-corrected chi connectivity index (χ2v) is 4.28. The zero-order valence-corrected chi connectivity index (χ0v) is 8.97. The molecule has 0 amide bonds. The van der Waals surface area contributed by atoms with E-state index in [0.29, 0.717) is 5.56 Å². The van der Waals surface area contributed by atoms with Gasteiger partial charge in [0, 0.05) is 12.5 Å². The van der Waals surface area contributed by atoms with Crippen LogP contribution in [-0.4, -0.2) is 18.2 Å². The summed E-state index contributed by atoms with van der Waals surface area (Å²) in [5.41, 5.74) is 0.602. The van der Waals surface area contributed by atoms with Gasteiger partial charge in [0.2, 0.25) is 0 Å². The van der Waals surface area contributed by atoms with E-state index in [1.807, 2.05) is 0 Å². The molecule has 1 heterocycles. The molecule has 0 saturated carbocycles. The van der Waals surface area contributed by atoms with Crippen molar-refractivity contribution in [2.24, 2.45) is 5.92 Å². The zero-order chi connectivity index (χ0) is 10.8. The lowest BCUT2D eigenvalue weighted by atomic mass is 9.95. The monoisotopic (exact) mass is 229 g/mol. The van der Waals surface area contributed by atoms with E-state index in [9.17, 15) is 9.50 Å². The second kappa shape index (κ2) is 4.47. The number of aliphatic hydroxyl groups is 1. The quantitative estimate of drug-likeness (QED) is 0.814. The van der Waals surface area contributed by atoms with Crippen LogP contribution >= 0.6 is 11.6 Å². The molecule has 15 heavy (non-hydrogen) atoms. The van der Waals surface area contributed by atoms with Crippen LogP contribution < -0.4 is 5.32 Å². The first kappa shape index (κ1) is 10.9. The minimum absolute atomic E-state index is 0.0931. The maximum absolute atomic E-state index is 13.2. The molecule has 0 spiro atoms. The molecule has 1 aliphatic heterocycles. The van der Waals surface area contributed by atoms with Gasteiger partial charge in [-0.3, -0.25) is 0 Å². The molecule has 82 valence electrons. The fourth-order valence-electron chi connectivity index (χ4n) is 1.91. The maximum atomic E-state index is 13.2. The van der Waals surface area contributed by atoms with Gasteiger partial charge in [0.1, 0.15) is 5.82 Å². The summed E-state index contributed by atoms with van der Waals surface area (Å²) < 4.78 is 13.2. The molecule has 2 rings (SSSR count). The van der Waals surface area contributed by atoms with Crippen LogP contribution in [0.1, 0.15) is 18.1 Å². The molecular weight excluding hydrogens is 217 g/mol. The van der Waals surface area contributed by atoms with Crippen molar-refractivity contribution in [3.63, 3.8) is 0 Å². The molecule has 1 fully saturated rings. The Hall–Kier alpha value is -0.640. The van der Waals surface area contributed by atoms with Gasteiger partial charge in [-0.05, 0) is 30.7 Å². The fraction of sp³-hybridized carbons (Fsp3) is 0.455. The Kier molecular flexibility index (Phi) is 3.24. The van der Waals surface area contributed by atoms with Crippen LogP contribution in [0, 0.1) is 11.7 Å². The summed E-state index contributed by atoms with van der Waals surface area (Å²) >= 11 is 5.58. The van der Waals surface area contributed by atoms with Crippen molar-refractivity contribution in [1.29, 1.82) is 0 Å². The molecule has 1 aromatic carbocycles. The molecular formula is C11H13ClFNO. The van der Waals surface area contributed by atoms with Crippen molar-refractivity contribution in [3.8, 4) is 0 Å². The minimum atomic E-state index is -0.605. The largest absolute Gasteiger partial charge is 0.388 e. The molecule has 2 N–H and O–H groups in total. The SMILES string of the molecule is OC(c1ccc(Cl)c(F)c1)[C@@H]1CCNC1. The summed E-state index contributed by atoms with van der Waals surface area (Å²) in [4.78, 5) is 0. The van der Waals surface area contributed by atoms with Gasteiger partial charge in [-0.15, -0.1) is 0 Å². The van der Waals surface area contributed by atoms with Gasteiger partial charge in [0.05, 0.1) is 11.1 Å². The standard InChI is InChI=1S/C11H13ClFNO/c12-9-2-1-7(5-10(9)13)11(15)8-3-4-14-6-8/h1-2,5,8,11,14-15H,3-4,6H2/t8-,11?/m1/s1. The third kappa shape index (κ3) is 2.30. The highest BCUT2D eigenvalue weighted by Gasteiger charge is 2.24. The van der Waals surface area contributed by atoms with E-state index in [0.717, 1.165) is 19.5 Å². The first-order valence-corrected chi connectivity index (χ1v) is 5.40. The molecule has 1 aliphatic rings. The van der Waals surface area contributed by atoms with E-state index in [4.69, 9.17) is 11.6 Å². The summed E-state index contributed by atoms with van der Waals surface area (Å²) in [5, 5.41) is 13.2. The summed E-state index contributed by atoms with van der Waals surface area (Å²) in [7, 11) is 0. The van der Waals surface area contributed by atoms with Gasteiger partial charge in [-0.2, -0.15) is 0 Å². The lowest BCUT2D eigenvalue weighted by Gasteiger charge is -2.17. The van der Waals surface area contributed by atoms with Gasteiger partial charge < -0.3 is 10.4 Å².